The van der Waals surface area contributed by atoms with E-state index in [1.165, 1.54) is 12.3 Å². The Morgan fingerprint density at radius 2 is 1.62 bits per heavy atom. The van der Waals surface area contributed by atoms with E-state index in [4.69, 9.17) is 19.3 Å². The number of hydrogen-bond donors (Lipinski definition) is 2. The van der Waals surface area contributed by atoms with E-state index >= 15 is 0 Å². The standard InChI is InChI=1S/C23H37FN3O8PS3/c1-22(2,3)19(29)37-11-9-33-36(32,34-10-12-38-20(30)23(4,5)6)35-13-14-17(28)16(24)18(39-14)27-8-7-15(25)26-21(27)31/h7-8,14,16-18,28H,9-13H2,1-6H3,(H2,25,26,31)/t14-,16+,17-,18-/m1/s1. The number of halogens is 1. The zero-order valence-electron chi connectivity index (χ0n) is 22.8. The van der Waals surface area contributed by atoms with Gasteiger partial charge in [0.05, 0.1) is 25.1 Å². The molecule has 1 aliphatic rings. The lowest BCUT2D eigenvalue weighted by Gasteiger charge is -2.21. The van der Waals surface area contributed by atoms with E-state index < -0.39 is 53.8 Å². The summed E-state index contributed by atoms with van der Waals surface area (Å²) in [4.78, 5) is 40.0. The minimum absolute atomic E-state index is 0.0185. The lowest BCUT2D eigenvalue weighted by Crippen LogP contribution is -2.33. The Balaban J connectivity index is 2.03. The number of aromatic nitrogens is 2. The first kappa shape index (κ1) is 34.3. The summed E-state index contributed by atoms with van der Waals surface area (Å²) in [6.45, 7) is 9.98. The number of carbonyl (C=O) groups excluding carboxylic acids is 2. The van der Waals surface area contributed by atoms with Crippen molar-refractivity contribution in [2.75, 3.05) is 37.1 Å². The van der Waals surface area contributed by atoms with Gasteiger partial charge in [0.25, 0.3) is 0 Å². The fourth-order valence-electron chi connectivity index (χ4n) is 2.96. The van der Waals surface area contributed by atoms with Crippen LogP contribution in [0.15, 0.2) is 17.1 Å². The van der Waals surface area contributed by atoms with Gasteiger partial charge in [-0.2, -0.15) is 4.98 Å². The van der Waals surface area contributed by atoms with Crippen LogP contribution < -0.4 is 11.4 Å². The number of thioether (sulfide) groups is 3. The molecule has 3 N–H and O–H groups in total. The van der Waals surface area contributed by atoms with Gasteiger partial charge in [-0.1, -0.05) is 65.1 Å². The summed E-state index contributed by atoms with van der Waals surface area (Å²) >= 11 is 2.95. The van der Waals surface area contributed by atoms with E-state index in [0.29, 0.717) is 0 Å². The molecule has 0 saturated carbocycles. The Bertz CT molecular complexity index is 1070. The maximum Gasteiger partial charge on any atom is 0.474 e. The fourth-order valence-corrected chi connectivity index (χ4v) is 7.49. The number of aliphatic hydroxyl groups is 1. The molecule has 0 radical (unpaired) electrons. The molecule has 0 bridgehead atoms. The number of nitrogen functional groups attached to an aromatic ring is 1. The van der Waals surface area contributed by atoms with Crippen LogP contribution in [0.25, 0.3) is 0 Å². The van der Waals surface area contributed by atoms with Crippen molar-refractivity contribution in [3.8, 4) is 0 Å². The van der Waals surface area contributed by atoms with E-state index in [-0.39, 0.29) is 40.8 Å². The number of rotatable bonds is 12. The van der Waals surface area contributed by atoms with Crippen LogP contribution >= 0.6 is 43.1 Å². The molecule has 1 aromatic heterocycles. The van der Waals surface area contributed by atoms with E-state index in [0.717, 1.165) is 39.9 Å². The van der Waals surface area contributed by atoms with Crippen molar-refractivity contribution in [2.24, 2.45) is 10.8 Å². The molecular weight excluding hydrogens is 592 g/mol. The third-order valence-electron chi connectivity index (χ3n) is 5.17. The second-order valence-electron chi connectivity index (χ2n) is 10.7. The first-order valence-electron chi connectivity index (χ1n) is 12.1. The summed E-state index contributed by atoms with van der Waals surface area (Å²) < 4.78 is 45.6. The average molecular weight is 630 g/mol. The summed E-state index contributed by atoms with van der Waals surface area (Å²) in [6.07, 6.45) is -2.10. The lowest BCUT2D eigenvalue weighted by molar-refractivity contribution is -0.118. The highest BCUT2D eigenvalue weighted by Gasteiger charge is 2.46. The van der Waals surface area contributed by atoms with E-state index in [2.05, 4.69) is 4.98 Å². The van der Waals surface area contributed by atoms with Crippen molar-refractivity contribution in [1.29, 1.82) is 0 Å². The largest absolute Gasteiger partial charge is 0.474 e. The Morgan fingerprint density at radius 3 is 2.08 bits per heavy atom. The summed E-state index contributed by atoms with van der Waals surface area (Å²) in [5, 5.41) is 8.29. The molecule has 0 spiro atoms. The van der Waals surface area contributed by atoms with Crippen molar-refractivity contribution in [3.63, 3.8) is 0 Å². The van der Waals surface area contributed by atoms with Crippen LogP contribution in [0.5, 0.6) is 0 Å². The van der Waals surface area contributed by atoms with Crippen LogP contribution in [0.2, 0.25) is 0 Å². The van der Waals surface area contributed by atoms with Crippen LogP contribution in [0.4, 0.5) is 10.2 Å². The van der Waals surface area contributed by atoms with Gasteiger partial charge in [-0.25, -0.2) is 13.8 Å². The van der Waals surface area contributed by atoms with Crippen LogP contribution in [0, 0.1) is 10.8 Å². The van der Waals surface area contributed by atoms with Gasteiger partial charge in [0.15, 0.2) is 16.4 Å². The highest BCUT2D eigenvalue weighted by Crippen LogP contribution is 2.52. The minimum Gasteiger partial charge on any atom is -0.389 e. The summed E-state index contributed by atoms with van der Waals surface area (Å²) in [7, 11) is -4.22. The van der Waals surface area contributed by atoms with Crippen LogP contribution in [0.3, 0.4) is 0 Å². The van der Waals surface area contributed by atoms with Crippen molar-refractivity contribution in [3.05, 3.63) is 22.7 Å². The molecule has 1 fully saturated rings. The van der Waals surface area contributed by atoms with E-state index in [1.54, 1.807) is 41.5 Å². The molecule has 1 saturated heterocycles. The van der Waals surface area contributed by atoms with Gasteiger partial charge in [0.1, 0.15) is 17.3 Å². The van der Waals surface area contributed by atoms with Gasteiger partial charge in [-0.05, 0) is 6.07 Å². The summed E-state index contributed by atoms with van der Waals surface area (Å²) in [5.74, 6) is 0.356. The van der Waals surface area contributed by atoms with Crippen LogP contribution in [0.1, 0.15) is 46.9 Å². The number of aliphatic hydroxyl groups excluding tert-OH is 1. The SMILES string of the molecule is CC(C)(C)C(=O)SCCOP(=O)(OCCSC(=O)C(C)(C)C)OC[C@H]1S[C@@H](n2ccc(N)nc2=O)[C@@H](F)[C@@H]1O. The van der Waals surface area contributed by atoms with E-state index in [9.17, 15) is 28.4 Å². The highest BCUT2D eigenvalue weighted by molar-refractivity contribution is 8.14. The predicted molar refractivity (Wildman–Crippen MR) is 154 cm³/mol. The maximum atomic E-state index is 14.9. The molecule has 39 heavy (non-hydrogen) atoms. The molecule has 11 nitrogen and oxygen atoms in total. The molecule has 4 atom stereocenters. The number of nitrogens with two attached hydrogens (primary N) is 1. The number of alkyl halides is 1. The van der Waals surface area contributed by atoms with Gasteiger partial charge in [-0.15, -0.1) is 11.8 Å². The molecule has 1 aromatic rings. The Hall–Kier alpha value is -0.930. The first-order valence-corrected chi connectivity index (χ1v) is 16.5. The monoisotopic (exact) mass is 629 g/mol. The van der Waals surface area contributed by atoms with Gasteiger partial charge in [0.2, 0.25) is 0 Å². The zero-order chi connectivity index (χ0) is 29.6. The molecule has 0 unspecified atom stereocenters. The number of phosphoric ester groups is 1. The van der Waals surface area contributed by atoms with Gasteiger partial charge < -0.3 is 10.8 Å². The minimum atomic E-state index is -4.22. The molecule has 0 aliphatic carbocycles. The lowest BCUT2D eigenvalue weighted by atomic mass is 9.99. The fraction of sp³-hybridized carbons (Fsp3) is 0.739. The summed E-state index contributed by atoms with van der Waals surface area (Å²) in [5.41, 5.74) is 3.60. The van der Waals surface area contributed by atoms with Crippen LogP contribution in [-0.4, -0.2) is 73.7 Å². The predicted octanol–water partition coefficient (Wildman–Crippen LogP) is 3.91. The van der Waals surface area contributed by atoms with E-state index in [1.807, 2.05) is 0 Å². The van der Waals surface area contributed by atoms with Gasteiger partial charge >= 0.3 is 13.5 Å². The zero-order valence-corrected chi connectivity index (χ0v) is 26.2. The molecule has 0 aromatic carbocycles. The van der Waals surface area contributed by atoms with Crippen LogP contribution in [-0.2, 0) is 27.7 Å². The smallest absolute Gasteiger partial charge is 0.389 e. The Morgan fingerprint density at radius 1 is 1.10 bits per heavy atom. The molecule has 2 rings (SSSR count). The number of anilines is 1. The average Bonchev–Trinajstić information content (AvgIpc) is 3.10. The van der Waals surface area contributed by atoms with Crippen molar-refractivity contribution >= 4 is 59.2 Å². The Labute approximate surface area is 240 Å². The first-order chi connectivity index (χ1) is 17.9. The third kappa shape index (κ3) is 10.4. The second-order valence-corrected chi connectivity index (χ2v) is 15.9. The quantitative estimate of drug-likeness (QED) is 0.253. The normalized spacial score (nSPS) is 22.3. The van der Waals surface area contributed by atoms with Crippen molar-refractivity contribution in [1.82, 2.24) is 9.55 Å². The topological polar surface area (TPSA) is 160 Å². The van der Waals surface area contributed by atoms with Gasteiger partial charge in [-0.3, -0.25) is 27.7 Å². The molecule has 2 heterocycles. The van der Waals surface area contributed by atoms with Crippen molar-refractivity contribution < 1.29 is 37.2 Å². The molecule has 222 valence electrons. The second kappa shape index (κ2) is 14.3. The molecular formula is C23H37FN3O8PS3. The Kier molecular flexibility index (Phi) is 12.6. The number of carbonyl (C=O) groups is 2. The van der Waals surface area contributed by atoms with Gasteiger partial charge in [0, 0.05) is 28.5 Å². The molecule has 1 aliphatic heterocycles. The highest BCUT2D eigenvalue weighted by atomic mass is 32.2. The molecule has 0 amide bonds. The number of hydrogen-bond acceptors (Lipinski definition) is 13. The van der Waals surface area contributed by atoms with Crippen molar-refractivity contribution in [2.45, 2.75) is 64.4 Å². The summed E-state index contributed by atoms with van der Waals surface area (Å²) in [6, 6.07) is 1.34. The number of nitrogens with zero attached hydrogens (tertiary/aromatic N) is 2. The maximum absolute atomic E-state index is 14.9. The molecule has 16 heteroatoms. The number of phosphoric acid groups is 1. The third-order valence-corrected chi connectivity index (χ3v) is 10.7.